The molecule has 4 rings (SSSR count). The molecule has 0 heterocycles. The number of rotatable bonds is 4. The molecule has 0 radical (unpaired) electrons. The predicted octanol–water partition coefficient (Wildman–Crippen LogP) is 4.44. The SMILES string of the molecule is [2H]c1c([2H])c([2H])c([Si](c2ccccc2)(c2ccc(C)cc2)c2c([2H])c([2H])c([2H])c(Br)c2[2H])c(C([2H])([2H])[2H])c1[2H]. The molecular formula is C26H23BrSi. The highest BCUT2D eigenvalue weighted by molar-refractivity contribution is 9.10. The molecule has 0 aliphatic heterocycles. The van der Waals surface area contributed by atoms with Gasteiger partial charge in [0.1, 0.15) is 0 Å². The number of halogens is 1. The van der Waals surface area contributed by atoms with Crippen LogP contribution in [0.15, 0.2) is 107 Å². The molecule has 2 heteroatoms. The monoisotopic (exact) mass is 453 g/mol. The third kappa shape index (κ3) is 3.27. The Bertz CT molecular complexity index is 1560. The van der Waals surface area contributed by atoms with E-state index in [2.05, 4.69) is 15.9 Å². The molecule has 0 nitrogen and oxygen atoms in total. The minimum atomic E-state index is -4.26. The molecule has 138 valence electrons. The summed E-state index contributed by atoms with van der Waals surface area (Å²) < 4.78 is 94.5. The largest absolute Gasteiger partial charge is 0.179 e. The summed E-state index contributed by atoms with van der Waals surface area (Å²) in [5, 5.41) is 0.701. The number of aryl methyl sites for hydroxylation is 1. The molecule has 4 aromatic rings. The molecule has 0 bridgehead atoms. The van der Waals surface area contributed by atoms with E-state index in [4.69, 9.17) is 15.1 Å². The highest BCUT2D eigenvalue weighted by Crippen LogP contribution is 2.15. The molecule has 0 saturated carbocycles. The van der Waals surface area contributed by atoms with Gasteiger partial charge in [-0.15, -0.1) is 0 Å². The summed E-state index contributed by atoms with van der Waals surface area (Å²) in [6.07, 6.45) is 0. The fraction of sp³-hybridized carbons (Fsp3) is 0.0769. The van der Waals surface area contributed by atoms with Crippen molar-refractivity contribution < 1.29 is 15.1 Å². The van der Waals surface area contributed by atoms with E-state index in [0.717, 1.165) is 5.56 Å². The summed E-state index contributed by atoms with van der Waals surface area (Å²) in [7, 11) is -4.26. The zero-order valence-corrected chi connectivity index (χ0v) is 17.7. The topological polar surface area (TPSA) is 0 Å². The standard InChI is InChI=1S/C26H23BrSi/c1-20-15-17-24(18-16-20)28(23-11-4-3-5-12-23,25-13-8-10-22(27)19-25)26-14-7-6-9-21(26)2/h3-19H,1-2H3/i2D3,6D,7D,8D,9D,10D,13D,14D,19D. The predicted molar refractivity (Wildman–Crippen MR) is 127 cm³/mol. The van der Waals surface area contributed by atoms with Gasteiger partial charge in [-0.1, -0.05) is 118 Å². The quantitative estimate of drug-likeness (QED) is 0.316. The first-order valence-corrected chi connectivity index (χ1v) is 11.5. The van der Waals surface area contributed by atoms with Crippen LogP contribution in [0, 0.1) is 13.8 Å². The first kappa shape index (κ1) is 9.86. The van der Waals surface area contributed by atoms with Gasteiger partial charge in [-0.2, -0.15) is 0 Å². The van der Waals surface area contributed by atoms with Crippen LogP contribution in [0.3, 0.4) is 0 Å². The second-order valence-corrected chi connectivity index (χ2v) is 10.9. The summed E-state index contributed by atoms with van der Waals surface area (Å²) in [5.74, 6) is 0. The first-order valence-electron chi connectivity index (χ1n) is 14.2. The van der Waals surface area contributed by atoms with E-state index in [1.54, 1.807) is 54.6 Å². The summed E-state index contributed by atoms with van der Waals surface area (Å²) in [5.41, 5.74) is 0.294. The normalized spacial score (nSPS) is 19.1. The van der Waals surface area contributed by atoms with Crippen LogP contribution in [0.5, 0.6) is 0 Å². The van der Waals surface area contributed by atoms with Crippen molar-refractivity contribution in [3.8, 4) is 0 Å². The summed E-state index contributed by atoms with van der Waals surface area (Å²) in [4.78, 5) is 0. The molecule has 0 N–H and O–H groups in total. The number of hydrogen-bond acceptors (Lipinski definition) is 0. The lowest BCUT2D eigenvalue weighted by Gasteiger charge is -2.35. The third-order valence-corrected chi connectivity index (χ3v) is 9.64. The minimum absolute atomic E-state index is 0.0408. The van der Waals surface area contributed by atoms with E-state index in [-0.39, 0.29) is 26.9 Å². The van der Waals surface area contributed by atoms with Crippen molar-refractivity contribution in [3.63, 3.8) is 0 Å². The second kappa shape index (κ2) is 7.90. The van der Waals surface area contributed by atoms with Crippen molar-refractivity contribution in [2.24, 2.45) is 0 Å². The molecule has 1 unspecified atom stereocenters. The average Bonchev–Trinajstić information content (AvgIpc) is 2.90. The van der Waals surface area contributed by atoms with E-state index in [9.17, 15) is 0 Å². The van der Waals surface area contributed by atoms with Crippen molar-refractivity contribution in [2.45, 2.75) is 13.8 Å². The molecule has 0 spiro atoms. The van der Waals surface area contributed by atoms with Crippen molar-refractivity contribution in [3.05, 3.63) is 119 Å². The lowest BCUT2D eigenvalue weighted by atomic mass is 10.2. The van der Waals surface area contributed by atoms with Crippen molar-refractivity contribution in [2.75, 3.05) is 0 Å². The van der Waals surface area contributed by atoms with Crippen LogP contribution >= 0.6 is 15.9 Å². The van der Waals surface area contributed by atoms with Gasteiger partial charge in [-0.3, -0.25) is 0 Å². The zero-order chi connectivity index (χ0) is 29.0. The third-order valence-electron chi connectivity index (χ3n) is 4.72. The summed E-state index contributed by atoms with van der Waals surface area (Å²) >= 11 is 3.24. The Hall–Kier alpha value is -2.42. The van der Waals surface area contributed by atoms with Crippen molar-refractivity contribution in [1.29, 1.82) is 0 Å². The van der Waals surface area contributed by atoms with Crippen LogP contribution in [-0.2, 0) is 0 Å². The van der Waals surface area contributed by atoms with Gasteiger partial charge in [0.05, 0.1) is 11.0 Å². The van der Waals surface area contributed by atoms with Crippen molar-refractivity contribution >= 4 is 44.8 Å². The Kier molecular flexibility index (Phi) is 2.78. The molecule has 0 aliphatic carbocycles. The lowest BCUT2D eigenvalue weighted by Crippen LogP contribution is -2.75. The van der Waals surface area contributed by atoms with Gasteiger partial charge in [0.15, 0.2) is 8.07 Å². The van der Waals surface area contributed by atoms with Crippen molar-refractivity contribution in [1.82, 2.24) is 0 Å². The van der Waals surface area contributed by atoms with Crippen LogP contribution in [0.25, 0.3) is 0 Å². The minimum Gasteiger partial charge on any atom is -0.0623 e. The van der Waals surface area contributed by atoms with Crippen LogP contribution in [0.2, 0.25) is 0 Å². The fourth-order valence-corrected chi connectivity index (χ4v) is 8.29. The molecule has 0 saturated heterocycles. The Morgan fingerprint density at radius 2 is 1.50 bits per heavy atom. The van der Waals surface area contributed by atoms with Gasteiger partial charge < -0.3 is 0 Å². The van der Waals surface area contributed by atoms with Gasteiger partial charge in [-0.25, -0.2) is 0 Å². The number of benzene rings is 4. The van der Waals surface area contributed by atoms with Crippen LogP contribution in [0.1, 0.15) is 26.2 Å². The van der Waals surface area contributed by atoms with E-state index >= 15 is 0 Å². The fourth-order valence-electron chi connectivity index (χ4n) is 3.46. The van der Waals surface area contributed by atoms with E-state index in [1.807, 2.05) is 6.92 Å². The average molecular weight is 455 g/mol. The molecule has 1 atom stereocenters. The zero-order valence-electron chi connectivity index (χ0n) is 26.1. The van der Waals surface area contributed by atoms with Crippen LogP contribution in [-0.4, -0.2) is 8.07 Å². The Labute approximate surface area is 192 Å². The van der Waals surface area contributed by atoms with Gasteiger partial charge in [0.2, 0.25) is 0 Å². The Morgan fingerprint density at radius 3 is 2.25 bits per heavy atom. The smallest absolute Gasteiger partial charge is 0.0623 e. The Morgan fingerprint density at radius 1 is 0.786 bits per heavy atom. The summed E-state index contributed by atoms with van der Waals surface area (Å²) in [6.45, 7) is -1.12. The van der Waals surface area contributed by atoms with Gasteiger partial charge in [-0.05, 0) is 46.6 Å². The molecular weight excluding hydrogens is 420 g/mol. The number of hydrogen-bond donors (Lipinski definition) is 0. The highest BCUT2D eigenvalue weighted by Gasteiger charge is 2.42. The molecule has 0 aromatic heterocycles. The maximum Gasteiger partial charge on any atom is 0.179 e. The van der Waals surface area contributed by atoms with E-state index < -0.39 is 56.7 Å². The van der Waals surface area contributed by atoms with Gasteiger partial charge in [0, 0.05) is 8.58 Å². The second-order valence-electron chi connectivity index (χ2n) is 6.42. The Balaban J connectivity index is 2.48. The van der Waals surface area contributed by atoms with Crippen LogP contribution in [0.4, 0.5) is 0 Å². The molecule has 0 amide bonds. The van der Waals surface area contributed by atoms with E-state index in [1.165, 1.54) is 0 Å². The molecule has 28 heavy (non-hydrogen) atoms. The van der Waals surface area contributed by atoms with E-state index in [0.29, 0.717) is 10.4 Å². The molecule has 4 aromatic carbocycles. The van der Waals surface area contributed by atoms with Gasteiger partial charge >= 0.3 is 0 Å². The molecule has 0 fully saturated rings. The highest BCUT2D eigenvalue weighted by atomic mass is 79.9. The molecule has 0 aliphatic rings. The van der Waals surface area contributed by atoms with Gasteiger partial charge in [0.25, 0.3) is 0 Å². The van der Waals surface area contributed by atoms with Crippen LogP contribution < -0.4 is 20.7 Å². The first-order chi connectivity index (χ1) is 18.2. The summed E-state index contributed by atoms with van der Waals surface area (Å²) in [6, 6.07) is 11.3. The lowest BCUT2D eigenvalue weighted by molar-refractivity contribution is 1.48. The maximum atomic E-state index is 9.10. The maximum absolute atomic E-state index is 9.10.